The predicted octanol–water partition coefficient (Wildman–Crippen LogP) is -0.924. The molecule has 0 aliphatic carbocycles. The van der Waals surface area contributed by atoms with Crippen LogP contribution in [0.5, 0.6) is 5.75 Å². The van der Waals surface area contributed by atoms with Gasteiger partial charge in [-0.05, 0) is 46.2 Å². The Labute approximate surface area is 246 Å². The fourth-order valence-corrected chi connectivity index (χ4v) is 4.09. The van der Waals surface area contributed by atoms with E-state index in [-0.39, 0.29) is 64.9 Å². The Morgan fingerprint density at radius 2 is 1.88 bits per heavy atom. The summed E-state index contributed by atoms with van der Waals surface area (Å²) in [4.78, 5) is 44.1. The molecule has 1 aromatic carbocycles. The number of hydrogen-bond acceptors (Lipinski definition) is 9. The summed E-state index contributed by atoms with van der Waals surface area (Å²) >= 11 is 5.89. The number of nitrogens with zero attached hydrogens (tertiary/aromatic N) is 4. The second-order valence-electron chi connectivity index (χ2n) is 9.65. The summed E-state index contributed by atoms with van der Waals surface area (Å²) in [5, 5.41) is 12.1. The summed E-state index contributed by atoms with van der Waals surface area (Å²) < 4.78 is 14.6. The van der Waals surface area contributed by atoms with Crippen molar-refractivity contribution in [1.82, 2.24) is 19.9 Å². The molecule has 40 heavy (non-hydrogen) atoms. The summed E-state index contributed by atoms with van der Waals surface area (Å²) in [5.74, 6) is -1.20. The van der Waals surface area contributed by atoms with Crippen molar-refractivity contribution in [2.75, 3.05) is 18.1 Å². The van der Waals surface area contributed by atoms with Crippen molar-refractivity contribution < 1.29 is 50.5 Å². The van der Waals surface area contributed by atoms with Crippen LogP contribution in [0, 0.1) is 0 Å². The molecule has 0 radical (unpaired) electrons. The molecule has 0 atom stereocenters. The van der Waals surface area contributed by atoms with Gasteiger partial charge in [0.2, 0.25) is 0 Å². The molecule has 15 heteroatoms. The lowest BCUT2D eigenvalue weighted by atomic mass is 10.2. The van der Waals surface area contributed by atoms with E-state index in [1.807, 2.05) is 32.3 Å². The molecule has 6 N–H and O–H groups in total. The average Bonchev–Trinajstić information content (AvgIpc) is 3.12. The minimum Gasteiger partial charge on any atom is -1.00 e. The van der Waals surface area contributed by atoms with E-state index >= 15 is 0 Å². The number of carboxylic acids is 1. The molecule has 218 valence electrons. The van der Waals surface area contributed by atoms with E-state index in [0.717, 1.165) is 0 Å². The molecule has 0 spiro atoms. The number of esters is 1. The van der Waals surface area contributed by atoms with Gasteiger partial charge in [0, 0.05) is 12.5 Å². The molecular formula is C25H33BrClN7O6. The average molecular weight is 643 g/mol. The number of fused-ring (bicyclic) bond motifs is 1. The summed E-state index contributed by atoms with van der Waals surface area (Å²) in [6.07, 6.45) is 0.695. The third-order valence-electron chi connectivity index (χ3n) is 5.50. The summed E-state index contributed by atoms with van der Waals surface area (Å²) in [5.41, 5.74) is 12.0. The van der Waals surface area contributed by atoms with E-state index in [2.05, 4.69) is 15.3 Å². The van der Waals surface area contributed by atoms with E-state index in [0.29, 0.717) is 42.2 Å². The van der Waals surface area contributed by atoms with Gasteiger partial charge in [-0.2, -0.15) is 0 Å². The van der Waals surface area contributed by atoms with Gasteiger partial charge in [-0.15, -0.1) is 0 Å². The first kappa shape index (κ1) is 32.6. The number of carbonyl (C=O) groups is 3. The molecular weight excluding hydrogens is 610 g/mol. The molecule has 2 aromatic heterocycles. The number of amides is 1. The first-order valence-electron chi connectivity index (χ1n) is 12.3. The van der Waals surface area contributed by atoms with Crippen molar-refractivity contribution in [3.8, 4) is 5.75 Å². The number of aromatic nitrogens is 4. The van der Waals surface area contributed by atoms with Crippen molar-refractivity contribution in [2.45, 2.75) is 65.8 Å². The lowest BCUT2D eigenvalue weighted by Crippen LogP contribution is -3.00. The summed E-state index contributed by atoms with van der Waals surface area (Å²) in [7, 11) is 0. The number of hydrogen-bond donors (Lipinski definition) is 4. The molecule has 2 heterocycles. The van der Waals surface area contributed by atoms with Crippen molar-refractivity contribution in [3.05, 3.63) is 34.9 Å². The van der Waals surface area contributed by atoms with E-state index in [1.54, 1.807) is 22.8 Å². The van der Waals surface area contributed by atoms with Gasteiger partial charge < -0.3 is 48.3 Å². The van der Waals surface area contributed by atoms with E-state index in [1.165, 1.54) is 0 Å². The highest BCUT2D eigenvalue weighted by Gasteiger charge is 2.27. The Morgan fingerprint density at radius 3 is 2.50 bits per heavy atom. The number of nitrogen functional groups attached to an aromatic ring is 2. The number of aryl methyl sites for hydroxylation is 1. The van der Waals surface area contributed by atoms with Crippen molar-refractivity contribution in [2.24, 2.45) is 0 Å². The van der Waals surface area contributed by atoms with Crippen LogP contribution in [0.2, 0.25) is 5.15 Å². The van der Waals surface area contributed by atoms with Crippen LogP contribution in [0.3, 0.4) is 0 Å². The van der Waals surface area contributed by atoms with Crippen LogP contribution in [-0.4, -0.2) is 49.7 Å². The van der Waals surface area contributed by atoms with Crippen molar-refractivity contribution in [1.29, 1.82) is 0 Å². The molecule has 0 saturated heterocycles. The Balaban J connectivity index is 0.00000560. The second kappa shape index (κ2) is 13.6. The molecule has 0 aliphatic heterocycles. The van der Waals surface area contributed by atoms with Gasteiger partial charge in [-0.25, -0.2) is 23.9 Å². The van der Waals surface area contributed by atoms with Gasteiger partial charge in [0.15, 0.2) is 40.1 Å². The smallest absolute Gasteiger partial charge is 0.346 e. The Kier molecular flexibility index (Phi) is 11.1. The van der Waals surface area contributed by atoms with Crippen LogP contribution in [-0.2, 0) is 34.0 Å². The van der Waals surface area contributed by atoms with Gasteiger partial charge in [0.25, 0.3) is 11.7 Å². The first-order valence-corrected chi connectivity index (χ1v) is 12.7. The van der Waals surface area contributed by atoms with Crippen molar-refractivity contribution >= 4 is 52.1 Å². The molecule has 1 amide bonds. The molecule has 0 saturated carbocycles. The Bertz CT molecular complexity index is 1410. The van der Waals surface area contributed by atoms with Crippen LogP contribution in [0.25, 0.3) is 11.0 Å². The van der Waals surface area contributed by atoms with Gasteiger partial charge in [0.05, 0.1) is 13.2 Å². The van der Waals surface area contributed by atoms with Crippen LogP contribution in [0.1, 0.15) is 56.8 Å². The van der Waals surface area contributed by atoms with Gasteiger partial charge in [-0.3, -0.25) is 9.59 Å². The highest BCUT2D eigenvalue weighted by molar-refractivity contribution is 6.31. The predicted molar refractivity (Wildman–Crippen MR) is 143 cm³/mol. The summed E-state index contributed by atoms with van der Waals surface area (Å²) in [6, 6.07) is 5.27. The van der Waals surface area contributed by atoms with Gasteiger partial charge in [-0.1, -0.05) is 11.6 Å². The number of carbonyl (C=O) groups excluding carboxylic acids is 2. The lowest BCUT2D eigenvalue weighted by Gasteiger charge is -2.19. The zero-order valence-electron chi connectivity index (χ0n) is 22.7. The molecule has 13 nitrogen and oxygen atoms in total. The number of ether oxygens (including phenoxy) is 2. The molecule has 0 bridgehead atoms. The maximum absolute atomic E-state index is 12.8. The van der Waals surface area contributed by atoms with Crippen LogP contribution < -0.4 is 43.1 Å². The SMILES string of the molecule is CCn1c(CNC(=O)c2nc(Cl)c(N)nc2N)[n+](CC(=O)O)c2ccc(OCCCC(=O)OC(C)(C)C)cc21.[Br-]. The molecule has 0 fully saturated rings. The maximum Gasteiger partial charge on any atom is 0.346 e. The first-order chi connectivity index (χ1) is 18.3. The number of aliphatic carboxylic acids is 1. The molecule has 3 rings (SSSR count). The third kappa shape index (κ3) is 8.18. The largest absolute Gasteiger partial charge is 1.00 e. The van der Waals surface area contributed by atoms with E-state index in [9.17, 15) is 19.5 Å². The normalized spacial score (nSPS) is 11.1. The van der Waals surface area contributed by atoms with E-state index < -0.39 is 17.5 Å². The number of imidazole rings is 1. The zero-order valence-corrected chi connectivity index (χ0v) is 25.0. The standard InChI is InChI=1S/C25H32ClN7O6.BrH/c1-5-32-16-11-14(38-10-6-7-19(36)39-25(2,3)4)8-9-15(16)33(13-18(34)35)17(32)12-29-24(37)20-22(27)31-23(28)21(26)30-20;/h8-9,11H,5-7,10,12-13H2,1-4H3,(H5-,27,28,29,31,34,35,37);1H. The number of rotatable bonds is 11. The maximum atomic E-state index is 12.8. The number of halogens is 2. The third-order valence-corrected chi connectivity index (χ3v) is 5.78. The molecule has 0 aliphatic rings. The number of anilines is 2. The number of nitrogens with one attached hydrogen (secondary N) is 1. The fourth-order valence-electron chi connectivity index (χ4n) is 3.97. The quantitative estimate of drug-likeness (QED) is 0.116. The lowest BCUT2D eigenvalue weighted by molar-refractivity contribution is -0.668. The highest BCUT2D eigenvalue weighted by Crippen LogP contribution is 2.23. The molecule has 3 aromatic rings. The van der Waals surface area contributed by atoms with Crippen LogP contribution >= 0.6 is 11.6 Å². The van der Waals surface area contributed by atoms with Gasteiger partial charge >= 0.3 is 11.9 Å². The number of carboxylic acid groups (broad SMARTS) is 1. The zero-order chi connectivity index (χ0) is 28.9. The van der Waals surface area contributed by atoms with Crippen LogP contribution in [0.15, 0.2) is 18.2 Å². The number of nitrogens with two attached hydrogens (primary N) is 2. The second-order valence-corrected chi connectivity index (χ2v) is 10.0. The van der Waals surface area contributed by atoms with Crippen LogP contribution in [0.4, 0.5) is 11.6 Å². The Hall–Kier alpha value is -3.65. The van der Waals surface area contributed by atoms with Crippen molar-refractivity contribution in [3.63, 3.8) is 0 Å². The van der Waals surface area contributed by atoms with E-state index in [4.69, 9.17) is 32.5 Å². The minimum absolute atomic E-state index is 0. The molecule has 0 unspecified atom stereocenters. The fraction of sp³-hybridized carbons (Fsp3) is 0.440. The monoisotopic (exact) mass is 641 g/mol. The Morgan fingerprint density at radius 1 is 1.18 bits per heavy atom. The highest BCUT2D eigenvalue weighted by atomic mass is 79.9. The minimum atomic E-state index is -1.05. The number of benzene rings is 1. The van der Waals surface area contributed by atoms with Gasteiger partial charge in [0.1, 0.15) is 17.9 Å². The topological polar surface area (TPSA) is 189 Å². The summed E-state index contributed by atoms with van der Waals surface area (Å²) in [6.45, 7) is 7.73.